The van der Waals surface area contributed by atoms with Crippen molar-refractivity contribution in [2.75, 3.05) is 32.1 Å². The zero-order chi connectivity index (χ0) is 18.0. The number of anilines is 1. The SMILES string of the molecule is COC(=O)C1=C(Nc2cc(Cl)c3ncccc3c2)C(=O)N(CCO)C1. The Hall–Kier alpha value is -2.64. The summed E-state index contributed by atoms with van der Waals surface area (Å²) in [6.07, 6.45) is 1.65. The number of benzene rings is 1. The van der Waals surface area contributed by atoms with Crippen LogP contribution in [0.4, 0.5) is 5.69 Å². The lowest BCUT2D eigenvalue weighted by molar-refractivity contribution is -0.136. The zero-order valence-electron chi connectivity index (χ0n) is 13.5. The van der Waals surface area contributed by atoms with E-state index >= 15 is 0 Å². The average molecular weight is 362 g/mol. The number of methoxy groups -OCH3 is 1. The van der Waals surface area contributed by atoms with Gasteiger partial charge >= 0.3 is 5.97 Å². The highest BCUT2D eigenvalue weighted by Gasteiger charge is 2.34. The molecule has 3 rings (SSSR count). The number of hydrogen-bond acceptors (Lipinski definition) is 6. The maximum absolute atomic E-state index is 12.5. The molecule has 0 spiro atoms. The van der Waals surface area contributed by atoms with Crippen LogP contribution in [-0.4, -0.2) is 53.7 Å². The maximum atomic E-state index is 12.5. The van der Waals surface area contributed by atoms with Gasteiger partial charge in [-0.2, -0.15) is 0 Å². The quantitative estimate of drug-likeness (QED) is 0.785. The number of ether oxygens (including phenoxy) is 1. The third-order valence-electron chi connectivity index (χ3n) is 3.88. The lowest BCUT2D eigenvalue weighted by Crippen LogP contribution is -2.31. The van der Waals surface area contributed by atoms with E-state index in [2.05, 4.69) is 10.3 Å². The Morgan fingerprint density at radius 2 is 2.28 bits per heavy atom. The number of esters is 1. The van der Waals surface area contributed by atoms with Gasteiger partial charge in [-0.1, -0.05) is 17.7 Å². The van der Waals surface area contributed by atoms with Gasteiger partial charge in [-0.3, -0.25) is 9.78 Å². The van der Waals surface area contributed by atoms with Gasteiger partial charge in [0.15, 0.2) is 0 Å². The molecule has 1 aromatic carbocycles. The molecular formula is C17H16ClN3O4. The number of nitrogens with zero attached hydrogens (tertiary/aromatic N) is 2. The second-order valence-corrected chi connectivity index (χ2v) is 5.86. The van der Waals surface area contributed by atoms with Crippen molar-refractivity contribution in [1.29, 1.82) is 0 Å². The molecule has 0 fully saturated rings. The molecule has 2 aromatic rings. The number of halogens is 1. The minimum atomic E-state index is -0.593. The smallest absolute Gasteiger partial charge is 0.337 e. The van der Waals surface area contributed by atoms with Crippen molar-refractivity contribution >= 4 is 40.1 Å². The summed E-state index contributed by atoms with van der Waals surface area (Å²) in [6, 6.07) is 7.06. The van der Waals surface area contributed by atoms with E-state index in [9.17, 15) is 9.59 Å². The zero-order valence-corrected chi connectivity index (χ0v) is 14.2. The van der Waals surface area contributed by atoms with Crippen LogP contribution in [0.15, 0.2) is 41.7 Å². The van der Waals surface area contributed by atoms with Crippen molar-refractivity contribution in [3.05, 3.63) is 46.8 Å². The molecule has 1 aliphatic rings. The van der Waals surface area contributed by atoms with E-state index in [-0.39, 0.29) is 36.9 Å². The molecule has 1 aliphatic heterocycles. The Bertz CT molecular complexity index is 881. The normalized spacial score (nSPS) is 14.4. The number of β-amino-alcohol motifs (C(OH)–C–C–N with tert-alkyl or cyclic N) is 1. The molecule has 8 heteroatoms. The fraction of sp³-hybridized carbons (Fsp3) is 0.235. The predicted octanol–water partition coefficient (Wildman–Crippen LogP) is 1.56. The third-order valence-corrected chi connectivity index (χ3v) is 4.17. The molecule has 2 N–H and O–H groups in total. The summed E-state index contributed by atoms with van der Waals surface area (Å²) in [5.74, 6) is -0.971. The highest BCUT2D eigenvalue weighted by molar-refractivity contribution is 6.35. The van der Waals surface area contributed by atoms with Gasteiger partial charge in [0, 0.05) is 23.8 Å². The largest absolute Gasteiger partial charge is 0.466 e. The van der Waals surface area contributed by atoms with E-state index in [1.165, 1.54) is 12.0 Å². The van der Waals surface area contributed by atoms with Crippen molar-refractivity contribution in [3.8, 4) is 0 Å². The molecule has 0 aliphatic carbocycles. The van der Waals surface area contributed by atoms with Crippen LogP contribution in [0.5, 0.6) is 0 Å². The fourth-order valence-corrected chi connectivity index (χ4v) is 2.99. The number of hydrogen-bond donors (Lipinski definition) is 2. The summed E-state index contributed by atoms with van der Waals surface area (Å²) >= 11 is 6.25. The number of aliphatic hydroxyl groups is 1. The molecule has 0 saturated heterocycles. The minimum Gasteiger partial charge on any atom is -0.466 e. The van der Waals surface area contributed by atoms with Crippen LogP contribution in [0.3, 0.4) is 0 Å². The van der Waals surface area contributed by atoms with Crippen molar-refractivity contribution in [2.24, 2.45) is 0 Å². The second-order valence-electron chi connectivity index (χ2n) is 5.45. The van der Waals surface area contributed by atoms with Crippen molar-refractivity contribution < 1.29 is 19.4 Å². The lowest BCUT2D eigenvalue weighted by Gasteiger charge is -2.15. The summed E-state index contributed by atoms with van der Waals surface area (Å²) in [5.41, 5.74) is 1.54. The van der Waals surface area contributed by atoms with E-state index in [4.69, 9.17) is 21.4 Å². The molecule has 1 aromatic heterocycles. The molecule has 7 nitrogen and oxygen atoms in total. The Morgan fingerprint density at radius 3 is 3.00 bits per heavy atom. The molecule has 0 atom stereocenters. The van der Waals surface area contributed by atoms with Crippen LogP contribution < -0.4 is 5.32 Å². The summed E-state index contributed by atoms with van der Waals surface area (Å²) in [5, 5.41) is 13.3. The molecule has 2 heterocycles. The highest BCUT2D eigenvalue weighted by atomic mass is 35.5. The van der Waals surface area contributed by atoms with Crippen LogP contribution in [0.2, 0.25) is 5.02 Å². The van der Waals surface area contributed by atoms with Crippen LogP contribution in [0, 0.1) is 0 Å². The van der Waals surface area contributed by atoms with Crippen LogP contribution >= 0.6 is 11.6 Å². The molecule has 0 radical (unpaired) electrons. The van der Waals surface area contributed by atoms with E-state index in [1.54, 1.807) is 24.4 Å². The number of carbonyl (C=O) groups is 2. The topological polar surface area (TPSA) is 91.8 Å². The summed E-state index contributed by atoms with van der Waals surface area (Å²) in [7, 11) is 1.25. The molecule has 0 unspecified atom stereocenters. The number of aromatic nitrogens is 1. The molecule has 0 saturated carbocycles. The molecular weight excluding hydrogens is 346 g/mol. The van der Waals surface area contributed by atoms with Gasteiger partial charge in [-0.05, 0) is 18.2 Å². The van der Waals surface area contributed by atoms with Crippen molar-refractivity contribution in [1.82, 2.24) is 9.88 Å². The number of aliphatic hydroxyl groups excluding tert-OH is 1. The third kappa shape index (κ3) is 3.29. The van der Waals surface area contributed by atoms with Crippen molar-refractivity contribution in [2.45, 2.75) is 0 Å². The number of nitrogens with one attached hydrogen (secondary N) is 1. The number of rotatable bonds is 5. The van der Waals surface area contributed by atoms with Crippen LogP contribution in [0.1, 0.15) is 0 Å². The highest BCUT2D eigenvalue weighted by Crippen LogP contribution is 2.29. The Morgan fingerprint density at radius 1 is 1.48 bits per heavy atom. The van der Waals surface area contributed by atoms with Crippen molar-refractivity contribution in [3.63, 3.8) is 0 Å². The lowest BCUT2D eigenvalue weighted by atomic mass is 10.2. The van der Waals surface area contributed by atoms with Crippen LogP contribution in [-0.2, 0) is 14.3 Å². The van der Waals surface area contributed by atoms with E-state index in [0.717, 1.165) is 5.39 Å². The molecule has 130 valence electrons. The second kappa shape index (κ2) is 7.08. The van der Waals surface area contributed by atoms with Gasteiger partial charge in [-0.25, -0.2) is 4.79 Å². The average Bonchev–Trinajstić information content (AvgIpc) is 2.91. The molecule has 25 heavy (non-hydrogen) atoms. The van der Waals surface area contributed by atoms with Gasteiger partial charge in [0.05, 0.1) is 36.4 Å². The first kappa shape index (κ1) is 17.2. The number of amides is 1. The standard InChI is InChI=1S/C17H16ClN3O4/c1-25-17(24)12-9-21(5-6-22)16(23)15(12)20-11-7-10-3-2-4-19-14(10)13(18)8-11/h2-4,7-8,20,22H,5-6,9H2,1H3. The first-order chi connectivity index (χ1) is 12.0. The van der Waals surface area contributed by atoms with E-state index < -0.39 is 5.97 Å². The monoisotopic (exact) mass is 361 g/mol. The summed E-state index contributed by atoms with van der Waals surface area (Å²) < 4.78 is 4.76. The predicted molar refractivity (Wildman–Crippen MR) is 93.1 cm³/mol. The van der Waals surface area contributed by atoms with Gasteiger partial charge in [0.25, 0.3) is 5.91 Å². The first-order valence-electron chi connectivity index (χ1n) is 7.58. The van der Waals surface area contributed by atoms with Gasteiger partial charge in [0.1, 0.15) is 5.70 Å². The van der Waals surface area contributed by atoms with Gasteiger partial charge < -0.3 is 20.1 Å². The Kier molecular flexibility index (Phi) is 4.87. The Labute approximate surface area is 148 Å². The number of fused-ring (bicyclic) bond motifs is 1. The number of pyridine rings is 1. The maximum Gasteiger partial charge on any atom is 0.337 e. The van der Waals surface area contributed by atoms with Crippen LogP contribution in [0.25, 0.3) is 10.9 Å². The molecule has 1 amide bonds. The van der Waals surface area contributed by atoms with Gasteiger partial charge in [-0.15, -0.1) is 0 Å². The van der Waals surface area contributed by atoms with E-state index in [1.807, 2.05) is 6.07 Å². The Balaban J connectivity index is 1.98. The van der Waals surface area contributed by atoms with E-state index in [0.29, 0.717) is 16.2 Å². The minimum absolute atomic E-state index is 0.0806. The molecule has 0 bridgehead atoms. The summed E-state index contributed by atoms with van der Waals surface area (Å²) in [6.45, 7) is 0.0190. The summed E-state index contributed by atoms with van der Waals surface area (Å²) in [4.78, 5) is 30.1. The van der Waals surface area contributed by atoms with Gasteiger partial charge in [0.2, 0.25) is 0 Å². The number of carbonyl (C=O) groups excluding carboxylic acids is 2. The first-order valence-corrected chi connectivity index (χ1v) is 7.96. The fourth-order valence-electron chi connectivity index (χ4n) is 2.71.